The van der Waals surface area contributed by atoms with E-state index in [0.717, 1.165) is 25.7 Å². The second-order valence-corrected chi connectivity index (χ2v) is 3.67. The summed E-state index contributed by atoms with van der Waals surface area (Å²) in [4.78, 5) is 0. The Kier molecular flexibility index (Phi) is 0.933. The SMILES string of the molecule is NC1CC2(C1)CC(F)C2. The molecule has 2 heteroatoms. The highest BCUT2D eigenvalue weighted by atomic mass is 19.1. The summed E-state index contributed by atoms with van der Waals surface area (Å²) >= 11 is 0. The first-order chi connectivity index (χ1) is 4.20. The molecule has 0 radical (unpaired) electrons. The number of halogens is 1. The molecule has 0 amide bonds. The van der Waals surface area contributed by atoms with Crippen LogP contribution >= 0.6 is 0 Å². The summed E-state index contributed by atoms with van der Waals surface area (Å²) in [6.07, 6.45) is 3.24. The van der Waals surface area contributed by atoms with Gasteiger partial charge in [-0.2, -0.15) is 0 Å². The minimum absolute atomic E-state index is 0.387. The maximum absolute atomic E-state index is 12.3. The van der Waals surface area contributed by atoms with Crippen LogP contribution in [-0.2, 0) is 0 Å². The van der Waals surface area contributed by atoms with Gasteiger partial charge in [0.25, 0.3) is 0 Å². The summed E-state index contributed by atoms with van der Waals surface area (Å²) in [5.74, 6) is 0. The van der Waals surface area contributed by atoms with Crippen molar-refractivity contribution in [2.45, 2.75) is 37.9 Å². The van der Waals surface area contributed by atoms with Gasteiger partial charge >= 0.3 is 0 Å². The molecular formula is C7H12FN. The average Bonchev–Trinajstić information content (AvgIpc) is 1.58. The van der Waals surface area contributed by atoms with E-state index in [9.17, 15) is 4.39 Å². The van der Waals surface area contributed by atoms with Gasteiger partial charge in [0.2, 0.25) is 0 Å². The Bertz CT molecular complexity index is 103. The highest BCUT2D eigenvalue weighted by molar-refractivity contribution is 5.04. The molecule has 2 N–H and O–H groups in total. The lowest BCUT2D eigenvalue weighted by atomic mass is 9.53. The molecule has 0 aromatic heterocycles. The molecule has 0 heterocycles. The van der Waals surface area contributed by atoms with Crippen LogP contribution < -0.4 is 5.73 Å². The normalized spacial score (nSPS) is 56.7. The fraction of sp³-hybridized carbons (Fsp3) is 1.00. The number of rotatable bonds is 0. The molecule has 0 unspecified atom stereocenters. The highest BCUT2D eigenvalue weighted by Gasteiger charge is 2.51. The van der Waals surface area contributed by atoms with Gasteiger partial charge in [0.05, 0.1) is 0 Å². The maximum atomic E-state index is 12.3. The topological polar surface area (TPSA) is 26.0 Å². The van der Waals surface area contributed by atoms with Crippen molar-refractivity contribution in [1.29, 1.82) is 0 Å². The van der Waals surface area contributed by atoms with Crippen LogP contribution in [-0.4, -0.2) is 12.2 Å². The smallest absolute Gasteiger partial charge is 0.101 e. The lowest BCUT2D eigenvalue weighted by molar-refractivity contribution is -0.0529. The monoisotopic (exact) mass is 129 g/mol. The number of alkyl halides is 1. The summed E-state index contributed by atoms with van der Waals surface area (Å²) in [6.45, 7) is 0. The van der Waals surface area contributed by atoms with Crippen LogP contribution in [0.5, 0.6) is 0 Å². The molecule has 1 nitrogen and oxygen atoms in total. The van der Waals surface area contributed by atoms with Gasteiger partial charge in [-0.15, -0.1) is 0 Å². The van der Waals surface area contributed by atoms with Crippen LogP contribution in [0.2, 0.25) is 0 Å². The van der Waals surface area contributed by atoms with Crippen molar-refractivity contribution < 1.29 is 4.39 Å². The van der Waals surface area contributed by atoms with E-state index in [2.05, 4.69) is 0 Å². The van der Waals surface area contributed by atoms with Gasteiger partial charge in [0, 0.05) is 6.04 Å². The first-order valence-electron chi connectivity index (χ1n) is 3.60. The van der Waals surface area contributed by atoms with E-state index in [1.165, 1.54) is 0 Å². The molecule has 0 aromatic rings. The third-order valence-electron chi connectivity index (χ3n) is 2.70. The van der Waals surface area contributed by atoms with E-state index >= 15 is 0 Å². The Morgan fingerprint density at radius 3 is 2.11 bits per heavy atom. The van der Waals surface area contributed by atoms with E-state index < -0.39 is 6.17 Å². The van der Waals surface area contributed by atoms with Crippen LogP contribution in [0.4, 0.5) is 4.39 Å². The number of hydrogen-bond donors (Lipinski definition) is 1. The van der Waals surface area contributed by atoms with Crippen LogP contribution in [0, 0.1) is 5.41 Å². The van der Waals surface area contributed by atoms with Crippen molar-refractivity contribution in [3.63, 3.8) is 0 Å². The quantitative estimate of drug-likeness (QED) is 0.523. The maximum Gasteiger partial charge on any atom is 0.101 e. The predicted molar refractivity (Wildman–Crippen MR) is 33.8 cm³/mol. The zero-order valence-corrected chi connectivity index (χ0v) is 5.44. The lowest BCUT2D eigenvalue weighted by Crippen LogP contribution is -2.54. The molecule has 0 atom stereocenters. The van der Waals surface area contributed by atoms with Gasteiger partial charge in [0.1, 0.15) is 6.17 Å². The molecule has 1 spiro atoms. The molecule has 0 saturated heterocycles. The molecule has 2 aliphatic carbocycles. The van der Waals surface area contributed by atoms with Gasteiger partial charge in [-0.25, -0.2) is 4.39 Å². The highest BCUT2D eigenvalue weighted by Crippen LogP contribution is 2.56. The van der Waals surface area contributed by atoms with Crippen LogP contribution in [0.15, 0.2) is 0 Å². The Labute approximate surface area is 54.4 Å². The first-order valence-corrected chi connectivity index (χ1v) is 3.60. The Morgan fingerprint density at radius 2 is 1.78 bits per heavy atom. The van der Waals surface area contributed by atoms with Crippen LogP contribution in [0.25, 0.3) is 0 Å². The molecule has 0 aliphatic heterocycles. The molecule has 9 heavy (non-hydrogen) atoms. The largest absolute Gasteiger partial charge is 0.328 e. The fourth-order valence-electron chi connectivity index (χ4n) is 2.27. The van der Waals surface area contributed by atoms with Crippen LogP contribution in [0.3, 0.4) is 0 Å². The predicted octanol–water partition coefficient (Wildman–Crippen LogP) is 1.23. The van der Waals surface area contributed by atoms with E-state index in [0.29, 0.717) is 11.5 Å². The molecule has 52 valence electrons. The molecule has 0 aromatic carbocycles. The van der Waals surface area contributed by atoms with Gasteiger partial charge in [-0.05, 0) is 31.1 Å². The van der Waals surface area contributed by atoms with Gasteiger partial charge in [-0.3, -0.25) is 0 Å². The third kappa shape index (κ3) is 0.692. The van der Waals surface area contributed by atoms with Crippen molar-refractivity contribution in [2.24, 2.45) is 11.1 Å². The molecular weight excluding hydrogens is 117 g/mol. The Morgan fingerprint density at radius 1 is 1.22 bits per heavy atom. The molecule has 2 saturated carbocycles. The average molecular weight is 129 g/mol. The molecule has 2 rings (SSSR count). The summed E-state index contributed by atoms with van der Waals surface area (Å²) < 4.78 is 12.3. The molecule has 2 fully saturated rings. The van der Waals surface area contributed by atoms with E-state index in [1.54, 1.807) is 0 Å². The van der Waals surface area contributed by atoms with Crippen molar-refractivity contribution in [3.8, 4) is 0 Å². The summed E-state index contributed by atoms with van der Waals surface area (Å²) in [5.41, 5.74) is 5.97. The second kappa shape index (κ2) is 1.48. The first kappa shape index (κ1) is 5.66. The molecule has 0 bridgehead atoms. The Balaban J connectivity index is 1.87. The van der Waals surface area contributed by atoms with E-state index in [4.69, 9.17) is 5.73 Å². The third-order valence-corrected chi connectivity index (χ3v) is 2.70. The molecule has 2 aliphatic rings. The summed E-state index contributed by atoms with van der Waals surface area (Å²) in [5, 5.41) is 0. The lowest BCUT2D eigenvalue weighted by Gasteiger charge is -2.54. The second-order valence-electron chi connectivity index (χ2n) is 3.67. The van der Waals surface area contributed by atoms with Gasteiger partial charge < -0.3 is 5.73 Å². The Hall–Kier alpha value is -0.110. The van der Waals surface area contributed by atoms with Gasteiger partial charge in [0.15, 0.2) is 0 Å². The summed E-state index contributed by atoms with van der Waals surface area (Å²) in [6, 6.07) is 0.387. The standard InChI is InChI=1S/C7H12FN/c8-5-1-7(2-5)3-6(9)4-7/h5-6H,1-4,9H2. The minimum atomic E-state index is -0.502. The van der Waals surface area contributed by atoms with Crippen LogP contribution in [0.1, 0.15) is 25.7 Å². The van der Waals surface area contributed by atoms with Gasteiger partial charge in [-0.1, -0.05) is 0 Å². The summed E-state index contributed by atoms with van der Waals surface area (Å²) in [7, 11) is 0. The van der Waals surface area contributed by atoms with Crippen molar-refractivity contribution >= 4 is 0 Å². The van der Waals surface area contributed by atoms with Crippen molar-refractivity contribution in [2.75, 3.05) is 0 Å². The van der Waals surface area contributed by atoms with Crippen molar-refractivity contribution in [3.05, 3.63) is 0 Å². The zero-order valence-electron chi connectivity index (χ0n) is 5.44. The fourth-order valence-corrected chi connectivity index (χ4v) is 2.27. The number of hydrogen-bond acceptors (Lipinski definition) is 1. The minimum Gasteiger partial charge on any atom is -0.328 e. The van der Waals surface area contributed by atoms with Crippen molar-refractivity contribution in [1.82, 2.24) is 0 Å². The van der Waals surface area contributed by atoms with E-state index in [-0.39, 0.29) is 0 Å². The van der Waals surface area contributed by atoms with E-state index in [1.807, 2.05) is 0 Å². The number of nitrogens with two attached hydrogens (primary N) is 1. The zero-order chi connectivity index (χ0) is 6.48.